The van der Waals surface area contributed by atoms with Crippen LogP contribution in [0.2, 0.25) is 0 Å². The molecular weight excluding hydrogens is 416 g/mol. The van der Waals surface area contributed by atoms with Gasteiger partial charge in [-0.1, -0.05) is 13.8 Å². The number of piperazine rings is 1. The Kier molecular flexibility index (Phi) is 8.43. The van der Waals surface area contributed by atoms with Gasteiger partial charge in [0.2, 0.25) is 11.7 Å². The number of halogens is 6. The lowest BCUT2D eigenvalue weighted by Gasteiger charge is -2.36. The second-order valence-corrected chi connectivity index (χ2v) is 5.96. The smallest absolute Gasteiger partial charge is 0.402 e. The van der Waals surface area contributed by atoms with E-state index in [0.717, 1.165) is 11.0 Å². The summed E-state index contributed by atoms with van der Waals surface area (Å²) in [6.45, 7) is 2.90. The van der Waals surface area contributed by atoms with Crippen molar-refractivity contribution in [2.45, 2.75) is 26.4 Å². The number of alkyl halides is 3. The highest BCUT2D eigenvalue weighted by Crippen LogP contribution is 2.21. The van der Waals surface area contributed by atoms with Crippen LogP contribution < -0.4 is 5.73 Å². The molecule has 30 heavy (non-hydrogen) atoms. The zero-order valence-electron chi connectivity index (χ0n) is 16.2. The van der Waals surface area contributed by atoms with Gasteiger partial charge in [0.1, 0.15) is 11.7 Å². The zero-order chi connectivity index (χ0) is 23.2. The summed E-state index contributed by atoms with van der Waals surface area (Å²) in [7, 11) is 0. The average Bonchev–Trinajstić information content (AvgIpc) is 2.66. The molecule has 6 nitrogen and oxygen atoms in total. The minimum absolute atomic E-state index is 0.188. The maximum absolute atomic E-state index is 13.6. The third-order valence-corrected chi connectivity index (χ3v) is 3.90. The van der Waals surface area contributed by atoms with Gasteiger partial charge in [-0.3, -0.25) is 15.6 Å². The molecular formula is C18H21F6N5O. The van der Waals surface area contributed by atoms with Gasteiger partial charge in [-0.05, 0) is 11.6 Å². The van der Waals surface area contributed by atoms with Crippen LogP contribution in [-0.4, -0.2) is 53.2 Å². The van der Waals surface area contributed by atoms with Gasteiger partial charge in [0, 0.05) is 37.3 Å². The number of carbonyl (C=O) groups excluding carboxylic acids is 1. The van der Waals surface area contributed by atoms with Gasteiger partial charge >= 0.3 is 6.18 Å². The summed E-state index contributed by atoms with van der Waals surface area (Å²) < 4.78 is 77.5. The van der Waals surface area contributed by atoms with E-state index in [1.807, 2.05) is 13.8 Å². The topological polar surface area (TPSA) is 97.3 Å². The number of allylic oxidation sites excluding steroid dienone is 1. The summed E-state index contributed by atoms with van der Waals surface area (Å²) >= 11 is 0. The highest BCUT2D eigenvalue weighted by molar-refractivity contribution is 6.03. The van der Waals surface area contributed by atoms with E-state index in [1.54, 1.807) is 0 Å². The Bertz CT molecular complexity index is 852. The molecule has 0 atom stereocenters. The van der Waals surface area contributed by atoms with Gasteiger partial charge in [-0.2, -0.15) is 13.2 Å². The molecule has 1 fully saturated rings. The molecule has 0 bridgehead atoms. The maximum atomic E-state index is 13.6. The number of nitrogens with two attached hydrogens (primary N) is 1. The summed E-state index contributed by atoms with van der Waals surface area (Å²) in [5, 5.41) is 14.7. The van der Waals surface area contributed by atoms with Gasteiger partial charge in [0.25, 0.3) is 0 Å². The van der Waals surface area contributed by atoms with E-state index >= 15 is 0 Å². The Hall–Kier alpha value is -3.05. The number of amidine groups is 2. The number of carbonyl (C=O) groups is 1. The van der Waals surface area contributed by atoms with Gasteiger partial charge in [-0.25, -0.2) is 13.2 Å². The van der Waals surface area contributed by atoms with Crippen molar-refractivity contribution >= 4 is 17.6 Å². The second kappa shape index (κ2) is 10.1. The standard InChI is InChI=1S/C16H15F6N5O.C2H6/c17-10-6-12(19)11(18)4-8(10)3-9(23)5-14(28)26-1-2-27(13(24)7-26)15(25)16(20,21)22;1-2/h4-6,24-25H,1-3,7,23H2;1-2H3/b9-5-,24-13?,25-15?;. The zero-order valence-corrected chi connectivity index (χ0v) is 16.2. The van der Waals surface area contributed by atoms with E-state index in [2.05, 4.69) is 0 Å². The molecule has 0 spiro atoms. The second-order valence-electron chi connectivity index (χ2n) is 5.96. The molecule has 2 rings (SSSR count). The van der Waals surface area contributed by atoms with Crippen LogP contribution in [0, 0.1) is 28.3 Å². The summed E-state index contributed by atoms with van der Waals surface area (Å²) in [6.07, 6.45) is -4.44. The van der Waals surface area contributed by atoms with Crippen LogP contribution in [0.4, 0.5) is 26.3 Å². The van der Waals surface area contributed by atoms with Gasteiger partial charge < -0.3 is 15.5 Å². The predicted molar refractivity (Wildman–Crippen MR) is 98.4 cm³/mol. The Morgan fingerprint density at radius 2 is 1.70 bits per heavy atom. The fourth-order valence-corrected chi connectivity index (χ4v) is 2.51. The Balaban J connectivity index is 0.00000218. The third kappa shape index (κ3) is 6.22. The van der Waals surface area contributed by atoms with Crippen molar-refractivity contribution in [3.63, 3.8) is 0 Å². The quantitative estimate of drug-likeness (QED) is 0.223. The van der Waals surface area contributed by atoms with E-state index in [-0.39, 0.29) is 17.8 Å². The van der Waals surface area contributed by atoms with E-state index in [4.69, 9.17) is 16.6 Å². The van der Waals surface area contributed by atoms with Gasteiger partial charge in [0.15, 0.2) is 11.6 Å². The Morgan fingerprint density at radius 1 is 1.13 bits per heavy atom. The molecule has 166 valence electrons. The molecule has 0 radical (unpaired) electrons. The molecule has 0 unspecified atom stereocenters. The fraction of sp³-hybridized carbons (Fsp3) is 0.389. The highest BCUT2D eigenvalue weighted by Gasteiger charge is 2.41. The first-order valence-electron chi connectivity index (χ1n) is 8.79. The van der Waals surface area contributed by atoms with Crippen LogP contribution in [0.25, 0.3) is 0 Å². The summed E-state index contributed by atoms with van der Waals surface area (Å²) in [6, 6.07) is 0.947. The molecule has 12 heteroatoms. The van der Waals surface area contributed by atoms with Crippen molar-refractivity contribution in [2.75, 3.05) is 19.6 Å². The van der Waals surface area contributed by atoms with Crippen molar-refractivity contribution in [2.24, 2.45) is 5.73 Å². The number of nitrogens with one attached hydrogen (secondary N) is 2. The highest BCUT2D eigenvalue weighted by atomic mass is 19.4. The molecule has 1 heterocycles. The first kappa shape index (κ1) is 25.0. The van der Waals surface area contributed by atoms with Crippen LogP contribution in [0.1, 0.15) is 19.4 Å². The number of hydrogen-bond donors (Lipinski definition) is 3. The molecule has 0 aromatic heterocycles. The van der Waals surface area contributed by atoms with Crippen LogP contribution >= 0.6 is 0 Å². The molecule has 1 amide bonds. The minimum atomic E-state index is -4.92. The maximum Gasteiger partial charge on any atom is 0.449 e. The van der Waals surface area contributed by atoms with Gasteiger partial charge in [-0.15, -0.1) is 0 Å². The summed E-state index contributed by atoms with van der Waals surface area (Å²) in [4.78, 5) is 13.6. The number of nitrogens with zero attached hydrogens (tertiary/aromatic N) is 2. The fourth-order valence-electron chi connectivity index (χ4n) is 2.51. The molecule has 1 aliphatic heterocycles. The largest absolute Gasteiger partial charge is 0.449 e. The molecule has 1 aromatic rings. The van der Waals surface area contributed by atoms with Crippen molar-refractivity contribution < 1.29 is 31.1 Å². The van der Waals surface area contributed by atoms with Crippen molar-refractivity contribution in [3.8, 4) is 0 Å². The molecule has 1 saturated heterocycles. The average molecular weight is 437 g/mol. The number of rotatable bonds is 3. The number of benzene rings is 1. The lowest BCUT2D eigenvalue weighted by Crippen LogP contribution is -2.56. The number of hydrogen-bond acceptors (Lipinski definition) is 4. The van der Waals surface area contributed by atoms with Crippen LogP contribution in [0.15, 0.2) is 23.9 Å². The predicted octanol–water partition coefficient (Wildman–Crippen LogP) is 3.18. The van der Waals surface area contributed by atoms with Gasteiger partial charge in [0.05, 0.1) is 6.54 Å². The summed E-state index contributed by atoms with van der Waals surface area (Å²) in [5.41, 5.74) is 5.15. The minimum Gasteiger partial charge on any atom is -0.402 e. The Labute approximate surface area is 169 Å². The normalized spacial score (nSPS) is 14.9. The molecule has 1 aromatic carbocycles. The van der Waals surface area contributed by atoms with E-state index in [1.165, 1.54) is 0 Å². The molecule has 4 N–H and O–H groups in total. The van der Waals surface area contributed by atoms with Crippen molar-refractivity contribution in [1.29, 1.82) is 10.8 Å². The third-order valence-electron chi connectivity index (χ3n) is 3.90. The molecule has 0 aliphatic carbocycles. The van der Waals surface area contributed by atoms with Crippen LogP contribution in [0.5, 0.6) is 0 Å². The van der Waals surface area contributed by atoms with Crippen molar-refractivity contribution in [1.82, 2.24) is 9.80 Å². The lowest BCUT2D eigenvalue weighted by atomic mass is 10.1. The van der Waals surface area contributed by atoms with Crippen LogP contribution in [-0.2, 0) is 11.2 Å². The lowest BCUT2D eigenvalue weighted by molar-refractivity contribution is -0.126. The first-order chi connectivity index (χ1) is 13.9. The van der Waals surface area contributed by atoms with Crippen molar-refractivity contribution in [3.05, 3.63) is 46.9 Å². The monoisotopic (exact) mass is 437 g/mol. The number of amides is 1. The van der Waals surface area contributed by atoms with E-state index < -0.39 is 60.7 Å². The molecule has 0 saturated carbocycles. The Morgan fingerprint density at radius 3 is 2.23 bits per heavy atom. The van der Waals surface area contributed by atoms with E-state index in [9.17, 15) is 31.1 Å². The van der Waals surface area contributed by atoms with E-state index in [0.29, 0.717) is 17.0 Å². The SMILES string of the molecule is CC.N=C1CN(C(=O)/C=C(\N)Cc2cc(F)c(F)cc2F)CCN1C(=N)C(F)(F)F. The first-order valence-corrected chi connectivity index (χ1v) is 8.79. The molecule has 1 aliphatic rings. The van der Waals surface area contributed by atoms with Crippen LogP contribution in [0.3, 0.4) is 0 Å². The summed E-state index contributed by atoms with van der Waals surface area (Å²) in [5.74, 6) is -6.76.